The van der Waals surface area contributed by atoms with E-state index in [9.17, 15) is 9.59 Å². The van der Waals surface area contributed by atoms with Crippen molar-refractivity contribution in [3.05, 3.63) is 30.3 Å². The first kappa shape index (κ1) is 14.4. The van der Waals surface area contributed by atoms with Crippen LogP contribution in [0.1, 0.15) is 19.8 Å². The van der Waals surface area contributed by atoms with Crippen LogP contribution >= 0.6 is 0 Å². The third-order valence-corrected chi connectivity index (χ3v) is 3.35. The molecule has 2 rings (SSSR count). The van der Waals surface area contributed by atoms with Gasteiger partial charge >= 0.3 is 12.0 Å². The van der Waals surface area contributed by atoms with Gasteiger partial charge in [0.15, 0.2) is 0 Å². The fraction of sp³-hybridized carbons (Fsp3) is 0.467. The van der Waals surface area contributed by atoms with E-state index in [2.05, 4.69) is 5.32 Å². The van der Waals surface area contributed by atoms with Crippen molar-refractivity contribution in [1.29, 1.82) is 0 Å². The summed E-state index contributed by atoms with van der Waals surface area (Å²) in [6.07, 6.45) is 1.61. The van der Waals surface area contributed by atoms with Crippen LogP contribution in [0.25, 0.3) is 0 Å². The smallest absolute Gasteiger partial charge is 0.321 e. The molecule has 1 saturated heterocycles. The summed E-state index contributed by atoms with van der Waals surface area (Å²) in [5.74, 6) is -0.407. The van der Waals surface area contributed by atoms with Crippen molar-refractivity contribution in [3.63, 3.8) is 0 Å². The Hall–Kier alpha value is -2.04. The lowest BCUT2D eigenvalue weighted by atomic mass is 9.98. The molecular formula is C15H20N2O3. The van der Waals surface area contributed by atoms with Gasteiger partial charge in [-0.05, 0) is 31.9 Å². The first-order chi connectivity index (χ1) is 9.70. The third kappa shape index (κ3) is 3.73. The monoisotopic (exact) mass is 276 g/mol. The van der Waals surface area contributed by atoms with E-state index < -0.39 is 0 Å². The number of rotatable bonds is 3. The lowest BCUT2D eigenvalue weighted by Crippen LogP contribution is -2.44. The minimum Gasteiger partial charge on any atom is -0.466 e. The molecule has 1 N–H and O–H groups in total. The van der Waals surface area contributed by atoms with Crippen LogP contribution in [0.15, 0.2) is 30.3 Å². The summed E-state index contributed by atoms with van der Waals surface area (Å²) >= 11 is 0. The van der Waals surface area contributed by atoms with Gasteiger partial charge in [0.2, 0.25) is 0 Å². The zero-order chi connectivity index (χ0) is 14.4. The van der Waals surface area contributed by atoms with Gasteiger partial charge in [-0.15, -0.1) is 0 Å². The van der Waals surface area contributed by atoms with Gasteiger partial charge in [0.1, 0.15) is 0 Å². The number of likely N-dealkylation sites (tertiary alicyclic amines) is 1. The maximum Gasteiger partial charge on any atom is 0.321 e. The summed E-state index contributed by atoms with van der Waals surface area (Å²) in [5.41, 5.74) is 0.760. The molecule has 20 heavy (non-hydrogen) atoms. The predicted octanol–water partition coefficient (Wildman–Crippen LogP) is 2.49. The highest BCUT2D eigenvalue weighted by molar-refractivity contribution is 5.89. The predicted molar refractivity (Wildman–Crippen MR) is 76.4 cm³/mol. The second-order valence-electron chi connectivity index (χ2n) is 4.83. The molecule has 1 aliphatic heterocycles. The number of hydrogen-bond acceptors (Lipinski definition) is 3. The molecule has 1 heterocycles. The number of nitrogens with one attached hydrogen (secondary N) is 1. The maximum absolute atomic E-state index is 12.2. The Bertz CT molecular complexity index is 461. The minimum atomic E-state index is -0.204. The average molecular weight is 276 g/mol. The topological polar surface area (TPSA) is 58.6 Å². The Kier molecular flexibility index (Phi) is 4.98. The van der Waals surface area contributed by atoms with Crippen LogP contribution in [0, 0.1) is 5.92 Å². The van der Waals surface area contributed by atoms with Gasteiger partial charge in [-0.1, -0.05) is 18.2 Å². The number of ether oxygens (including phenoxy) is 1. The highest BCUT2D eigenvalue weighted by atomic mass is 16.5. The zero-order valence-corrected chi connectivity index (χ0v) is 11.7. The summed E-state index contributed by atoms with van der Waals surface area (Å²) in [5, 5.41) is 2.84. The highest BCUT2D eigenvalue weighted by Crippen LogP contribution is 2.19. The summed E-state index contributed by atoms with van der Waals surface area (Å²) in [6, 6.07) is 9.15. The number of nitrogens with zero attached hydrogens (tertiary/aromatic N) is 1. The quantitative estimate of drug-likeness (QED) is 0.863. The number of benzene rings is 1. The largest absolute Gasteiger partial charge is 0.466 e. The number of urea groups is 1. The first-order valence-electron chi connectivity index (χ1n) is 6.98. The van der Waals surface area contributed by atoms with Crippen molar-refractivity contribution in [2.45, 2.75) is 19.8 Å². The number of amides is 2. The van der Waals surface area contributed by atoms with Gasteiger partial charge in [-0.2, -0.15) is 0 Å². The fourth-order valence-corrected chi connectivity index (χ4v) is 2.34. The summed E-state index contributed by atoms with van der Waals surface area (Å²) in [4.78, 5) is 25.6. The van der Waals surface area contributed by atoms with E-state index in [1.807, 2.05) is 30.3 Å². The van der Waals surface area contributed by atoms with E-state index in [0.717, 1.165) is 18.5 Å². The van der Waals surface area contributed by atoms with E-state index in [4.69, 9.17) is 4.74 Å². The minimum absolute atomic E-state index is 0.162. The van der Waals surface area contributed by atoms with Crippen LogP contribution in [0.3, 0.4) is 0 Å². The van der Waals surface area contributed by atoms with E-state index in [0.29, 0.717) is 19.7 Å². The molecule has 0 saturated carbocycles. The Balaban J connectivity index is 1.91. The van der Waals surface area contributed by atoms with E-state index >= 15 is 0 Å². The molecule has 0 aromatic heterocycles. The first-order valence-corrected chi connectivity index (χ1v) is 6.98. The standard InChI is InChI=1S/C15H20N2O3/c1-2-20-14(18)12-7-6-10-17(11-12)15(19)16-13-8-4-3-5-9-13/h3-5,8-9,12H,2,6-7,10-11H2,1H3,(H,16,19)/t12-/m1/s1. The van der Waals surface area contributed by atoms with Crippen LogP contribution in [0.5, 0.6) is 0 Å². The van der Waals surface area contributed by atoms with Gasteiger partial charge in [-0.25, -0.2) is 4.79 Å². The lowest BCUT2D eigenvalue weighted by Gasteiger charge is -2.31. The van der Waals surface area contributed by atoms with Crippen molar-refractivity contribution >= 4 is 17.7 Å². The van der Waals surface area contributed by atoms with Crippen molar-refractivity contribution in [3.8, 4) is 0 Å². The van der Waals surface area contributed by atoms with Crippen LogP contribution in [-0.4, -0.2) is 36.6 Å². The zero-order valence-electron chi connectivity index (χ0n) is 11.7. The Morgan fingerprint density at radius 2 is 2.10 bits per heavy atom. The Labute approximate surface area is 118 Å². The number of piperidine rings is 1. The number of anilines is 1. The van der Waals surface area contributed by atoms with Crippen LogP contribution < -0.4 is 5.32 Å². The van der Waals surface area contributed by atoms with Gasteiger partial charge in [0.05, 0.1) is 12.5 Å². The molecule has 1 aromatic carbocycles. The van der Waals surface area contributed by atoms with Crippen LogP contribution in [0.2, 0.25) is 0 Å². The van der Waals surface area contributed by atoms with Gasteiger partial charge in [-0.3, -0.25) is 4.79 Å². The van der Waals surface area contributed by atoms with Crippen molar-refractivity contribution in [1.82, 2.24) is 4.90 Å². The van der Waals surface area contributed by atoms with Gasteiger partial charge in [0, 0.05) is 18.8 Å². The molecule has 108 valence electrons. The molecule has 0 spiro atoms. The molecule has 0 radical (unpaired) electrons. The van der Waals surface area contributed by atoms with Crippen molar-refractivity contribution in [2.75, 3.05) is 25.0 Å². The molecule has 1 aromatic rings. The highest BCUT2D eigenvalue weighted by Gasteiger charge is 2.29. The number of esters is 1. The van der Waals surface area contributed by atoms with Crippen molar-refractivity contribution in [2.24, 2.45) is 5.92 Å². The average Bonchev–Trinajstić information content (AvgIpc) is 2.48. The van der Waals surface area contributed by atoms with Crippen LogP contribution in [-0.2, 0) is 9.53 Å². The molecule has 1 fully saturated rings. The molecular weight excluding hydrogens is 256 g/mol. The maximum atomic E-state index is 12.2. The lowest BCUT2D eigenvalue weighted by molar-refractivity contribution is -0.149. The van der Waals surface area contributed by atoms with E-state index in [1.165, 1.54) is 0 Å². The molecule has 0 aliphatic carbocycles. The summed E-state index contributed by atoms with van der Waals surface area (Å²) < 4.78 is 5.03. The molecule has 1 atom stereocenters. The number of carbonyl (C=O) groups is 2. The number of hydrogen-bond donors (Lipinski definition) is 1. The fourth-order valence-electron chi connectivity index (χ4n) is 2.34. The molecule has 5 nitrogen and oxygen atoms in total. The second kappa shape index (κ2) is 6.93. The molecule has 0 unspecified atom stereocenters. The SMILES string of the molecule is CCOC(=O)[C@@H]1CCCN(C(=O)Nc2ccccc2)C1. The second-order valence-corrected chi connectivity index (χ2v) is 4.83. The Morgan fingerprint density at radius 1 is 1.35 bits per heavy atom. The van der Waals surface area contributed by atoms with Crippen LogP contribution in [0.4, 0.5) is 10.5 Å². The number of carbonyl (C=O) groups excluding carboxylic acids is 2. The third-order valence-electron chi connectivity index (χ3n) is 3.35. The van der Waals surface area contributed by atoms with Crippen molar-refractivity contribution < 1.29 is 14.3 Å². The summed E-state index contributed by atoms with van der Waals surface area (Å²) in [6.45, 7) is 3.28. The number of para-hydroxylation sites is 1. The normalized spacial score (nSPS) is 18.4. The van der Waals surface area contributed by atoms with Gasteiger partial charge < -0.3 is 15.0 Å². The summed E-state index contributed by atoms with van der Waals surface area (Å²) in [7, 11) is 0. The Morgan fingerprint density at radius 3 is 2.80 bits per heavy atom. The van der Waals surface area contributed by atoms with E-state index in [1.54, 1.807) is 11.8 Å². The molecule has 0 bridgehead atoms. The molecule has 5 heteroatoms. The molecule has 1 aliphatic rings. The molecule has 2 amide bonds. The van der Waals surface area contributed by atoms with E-state index in [-0.39, 0.29) is 17.9 Å². The van der Waals surface area contributed by atoms with Gasteiger partial charge in [0.25, 0.3) is 0 Å².